The molecule has 0 N–H and O–H groups in total. The van der Waals surface area contributed by atoms with Crippen molar-refractivity contribution in [2.75, 3.05) is 31.1 Å². The normalized spacial score (nSPS) is 17.9. The number of amidine groups is 1. The average Bonchev–Trinajstić information content (AvgIpc) is 3.46. The van der Waals surface area contributed by atoms with Crippen molar-refractivity contribution in [3.05, 3.63) is 81.9 Å². The number of halogens is 4. The van der Waals surface area contributed by atoms with E-state index in [1.165, 1.54) is 17.8 Å². The zero-order valence-corrected chi connectivity index (χ0v) is 19.8. The molecule has 35 heavy (non-hydrogen) atoms. The van der Waals surface area contributed by atoms with Crippen molar-refractivity contribution in [1.82, 2.24) is 4.90 Å². The second-order valence-electron chi connectivity index (χ2n) is 8.04. The van der Waals surface area contributed by atoms with E-state index in [4.69, 9.17) is 16.0 Å². The van der Waals surface area contributed by atoms with Gasteiger partial charge in [0.2, 0.25) is 0 Å². The molecule has 0 spiro atoms. The molecule has 0 unspecified atom stereocenters. The van der Waals surface area contributed by atoms with E-state index < -0.39 is 11.7 Å². The first-order valence-corrected chi connectivity index (χ1v) is 12.0. The summed E-state index contributed by atoms with van der Waals surface area (Å²) in [5.41, 5.74) is 0.620. The SMILES string of the molecule is O=C1N=C(N2CCN(c3cccc(Cl)c3)CC2)S/C1=C/c1ccc(-c2cccc(C(F)(F)F)c2)o1. The highest BCUT2D eigenvalue weighted by Crippen LogP contribution is 2.35. The summed E-state index contributed by atoms with van der Waals surface area (Å²) in [4.78, 5) is 21.4. The van der Waals surface area contributed by atoms with Crippen molar-refractivity contribution in [3.63, 3.8) is 0 Å². The van der Waals surface area contributed by atoms with Gasteiger partial charge in [-0.15, -0.1) is 0 Å². The van der Waals surface area contributed by atoms with Crippen LogP contribution in [0.4, 0.5) is 18.9 Å². The molecule has 0 bridgehead atoms. The van der Waals surface area contributed by atoms with Crippen molar-refractivity contribution >= 4 is 46.2 Å². The summed E-state index contributed by atoms with van der Waals surface area (Å²) >= 11 is 7.37. The lowest BCUT2D eigenvalue weighted by atomic mass is 10.1. The maximum Gasteiger partial charge on any atom is 0.416 e. The van der Waals surface area contributed by atoms with Gasteiger partial charge in [-0.2, -0.15) is 18.2 Å². The van der Waals surface area contributed by atoms with Crippen LogP contribution < -0.4 is 4.90 Å². The van der Waals surface area contributed by atoms with Crippen LogP contribution in [0.2, 0.25) is 5.02 Å². The Morgan fingerprint density at radius 3 is 2.46 bits per heavy atom. The number of alkyl halides is 3. The van der Waals surface area contributed by atoms with Gasteiger partial charge in [0.25, 0.3) is 5.91 Å². The van der Waals surface area contributed by atoms with Crippen LogP contribution in [0.5, 0.6) is 0 Å². The van der Waals surface area contributed by atoms with E-state index in [0.29, 0.717) is 39.5 Å². The molecule has 10 heteroatoms. The minimum absolute atomic E-state index is 0.289. The smallest absolute Gasteiger partial charge is 0.416 e. The third-order valence-corrected chi connectivity index (χ3v) is 6.99. The van der Waals surface area contributed by atoms with E-state index in [9.17, 15) is 18.0 Å². The van der Waals surface area contributed by atoms with Gasteiger partial charge in [0, 0.05) is 48.5 Å². The minimum atomic E-state index is -4.44. The monoisotopic (exact) mass is 517 g/mol. The van der Waals surface area contributed by atoms with Crippen LogP contribution in [0, 0.1) is 0 Å². The third-order valence-electron chi connectivity index (χ3n) is 5.71. The molecule has 3 heterocycles. The first-order chi connectivity index (χ1) is 16.8. The van der Waals surface area contributed by atoms with Crippen molar-refractivity contribution in [3.8, 4) is 11.3 Å². The van der Waals surface area contributed by atoms with Crippen LogP contribution in [0.3, 0.4) is 0 Å². The van der Waals surface area contributed by atoms with Crippen molar-refractivity contribution in [1.29, 1.82) is 0 Å². The summed E-state index contributed by atoms with van der Waals surface area (Å²) in [6.45, 7) is 2.95. The first-order valence-electron chi connectivity index (χ1n) is 10.8. The van der Waals surface area contributed by atoms with Gasteiger partial charge < -0.3 is 14.2 Å². The Labute approximate surface area is 208 Å². The van der Waals surface area contributed by atoms with Crippen LogP contribution in [0.25, 0.3) is 17.4 Å². The Morgan fingerprint density at radius 2 is 1.71 bits per heavy atom. The zero-order chi connectivity index (χ0) is 24.6. The molecule has 180 valence electrons. The average molecular weight is 518 g/mol. The van der Waals surface area contributed by atoms with Crippen LogP contribution >= 0.6 is 23.4 Å². The Balaban J connectivity index is 1.24. The maximum absolute atomic E-state index is 13.0. The molecule has 0 aliphatic carbocycles. The van der Waals surface area contributed by atoms with Gasteiger partial charge >= 0.3 is 6.18 Å². The van der Waals surface area contributed by atoms with Crippen LogP contribution in [0.15, 0.2) is 75.0 Å². The number of hydrogen-bond donors (Lipinski definition) is 0. The molecule has 5 nitrogen and oxygen atoms in total. The van der Waals surface area contributed by atoms with E-state index in [1.807, 2.05) is 24.3 Å². The molecule has 2 aliphatic rings. The molecular weight excluding hydrogens is 499 g/mol. The van der Waals surface area contributed by atoms with Crippen molar-refractivity contribution in [2.24, 2.45) is 4.99 Å². The van der Waals surface area contributed by atoms with E-state index in [1.54, 1.807) is 24.3 Å². The van der Waals surface area contributed by atoms with E-state index >= 15 is 0 Å². The van der Waals surface area contributed by atoms with Crippen molar-refractivity contribution in [2.45, 2.75) is 6.18 Å². The number of amides is 1. The molecule has 0 saturated carbocycles. The number of nitrogens with zero attached hydrogens (tertiary/aromatic N) is 3. The number of carbonyl (C=O) groups is 1. The molecule has 2 aliphatic heterocycles. The highest BCUT2D eigenvalue weighted by Gasteiger charge is 2.31. The number of carbonyl (C=O) groups excluding carboxylic acids is 1. The summed E-state index contributed by atoms with van der Waals surface area (Å²) in [5, 5.41) is 1.33. The van der Waals surface area contributed by atoms with E-state index in [-0.39, 0.29) is 11.7 Å². The van der Waals surface area contributed by atoms with E-state index in [0.717, 1.165) is 30.9 Å². The fourth-order valence-electron chi connectivity index (χ4n) is 3.93. The molecule has 1 amide bonds. The largest absolute Gasteiger partial charge is 0.457 e. The Morgan fingerprint density at radius 1 is 0.971 bits per heavy atom. The number of anilines is 1. The molecule has 2 aromatic carbocycles. The number of aliphatic imine (C=N–C) groups is 1. The summed E-state index contributed by atoms with van der Waals surface area (Å²) < 4.78 is 44.7. The quantitative estimate of drug-likeness (QED) is 0.376. The Bertz CT molecular complexity index is 1330. The van der Waals surface area contributed by atoms with Crippen LogP contribution in [-0.2, 0) is 11.0 Å². The molecule has 5 rings (SSSR count). The molecule has 0 radical (unpaired) electrons. The number of thioether (sulfide) groups is 1. The second kappa shape index (κ2) is 9.47. The Kier molecular flexibility index (Phi) is 6.37. The summed E-state index contributed by atoms with van der Waals surface area (Å²) in [6.07, 6.45) is -2.86. The lowest BCUT2D eigenvalue weighted by Gasteiger charge is -2.36. The zero-order valence-electron chi connectivity index (χ0n) is 18.3. The van der Waals surface area contributed by atoms with Gasteiger partial charge in [0.1, 0.15) is 11.5 Å². The highest BCUT2D eigenvalue weighted by atomic mass is 35.5. The van der Waals surface area contributed by atoms with Gasteiger partial charge in [0.05, 0.1) is 10.5 Å². The highest BCUT2D eigenvalue weighted by molar-refractivity contribution is 8.18. The van der Waals surface area contributed by atoms with Gasteiger partial charge in [-0.3, -0.25) is 4.79 Å². The third kappa shape index (κ3) is 5.26. The Hall–Kier alpha value is -3.17. The summed E-state index contributed by atoms with van der Waals surface area (Å²) in [5.74, 6) is 0.298. The van der Waals surface area contributed by atoms with Gasteiger partial charge in [-0.25, -0.2) is 0 Å². The first kappa shape index (κ1) is 23.6. The van der Waals surface area contributed by atoms with Gasteiger partial charge in [-0.05, 0) is 54.2 Å². The predicted molar refractivity (Wildman–Crippen MR) is 132 cm³/mol. The minimum Gasteiger partial charge on any atom is -0.457 e. The molecular formula is C25H19ClF3N3O2S. The lowest BCUT2D eigenvalue weighted by Crippen LogP contribution is -2.47. The maximum atomic E-state index is 13.0. The number of rotatable bonds is 3. The van der Waals surface area contributed by atoms with Crippen LogP contribution in [0.1, 0.15) is 11.3 Å². The van der Waals surface area contributed by atoms with Gasteiger partial charge in [-0.1, -0.05) is 29.8 Å². The second-order valence-corrected chi connectivity index (χ2v) is 9.49. The molecule has 1 saturated heterocycles. The fraction of sp³-hybridized carbons (Fsp3) is 0.200. The lowest BCUT2D eigenvalue weighted by molar-refractivity contribution is -0.137. The number of benzene rings is 2. The molecule has 1 aromatic heterocycles. The standard InChI is InChI=1S/C25H19ClF3N3O2S/c26-18-5-2-6-19(14-18)31-9-11-32(12-10-31)24-30-23(33)22(35-24)15-20-7-8-21(34-20)16-3-1-4-17(13-16)25(27,28)29/h1-8,13-15H,9-12H2/b22-15+. The number of piperazine rings is 1. The molecule has 1 fully saturated rings. The number of furan rings is 1. The van der Waals surface area contributed by atoms with E-state index in [2.05, 4.69) is 14.8 Å². The summed E-state index contributed by atoms with van der Waals surface area (Å²) in [7, 11) is 0. The fourth-order valence-corrected chi connectivity index (χ4v) is 5.06. The summed E-state index contributed by atoms with van der Waals surface area (Å²) in [6, 6.07) is 15.8. The van der Waals surface area contributed by atoms with Gasteiger partial charge in [0.15, 0.2) is 5.17 Å². The van der Waals surface area contributed by atoms with Crippen LogP contribution in [-0.4, -0.2) is 42.2 Å². The molecule has 0 atom stereocenters. The molecule has 3 aromatic rings. The number of hydrogen-bond acceptors (Lipinski definition) is 5. The van der Waals surface area contributed by atoms with Crippen molar-refractivity contribution < 1.29 is 22.4 Å². The topological polar surface area (TPSA) is 49.1 Å². The predicted octanol–water partition coefficient (Wildman–Crippen LogP) is 6.41.